The summed E-state index contributed by atoms with van der Waals surface area (Å²) in [4.78, 5) is 19.4. The van der Waals surface area contributed by atoms with Crippen LogP contribution < -0.4 is 0 Å². The number of ether oxygens (including phenoxy) is 1. The molecule has 0 bridgehead atoms. The lowest BCUT2D eigenvalue weighted by Gasteiger charge is -2.00. The molecule has 0 fully saturated rings. The maximum absolute atomic E-state index is 11.7. The van der Waals surface area contributed by atoms with Gasteiger partial charge in [0.2, 0.25) is 0 Å². The van der Waals surface area contributed by atoms with Crippen molar-refractivity contribution in [3.05, 3.63) is 57.0 Å². The number of hydrogen-bond donors (Lipinski definition) is 0. The molecule has 0 aliphatic rings. The zero-order valence-electron chi connectivity index (χ0n) is 12.2. The normalized spacial score (nSPS) is 10.9. The van der Waals surface area contributed by atoms with E-state index in [-0.39, 0.29) is 12.3 Å². The second-order valence-electron chi connectivity index (χ2n) is 4.32. The molecule has 0 aliphatic heterocycles. The first kappa shape index (κ1) is 15.8. The molecule has 6 nitrogen and oxygen atoms in total. The molecule has 0 N–H and O–H groups in total. The highest BCUT2D eigenvalue weighted by Crippen LogP contribution is 2.29. The zero-order valence-corrected chi connectivity index (χ0v) is 13.0. The number of nitrogens with zero attached hydrogens (tertiary/aromatic N) is 4. The van der Waals surface area contributed by atoms with Crippen LogP contribution in [0.1, 0.15) is 17.4 Å². The molecule has 0 radical (unpaired) electrons. The number of rotatable bonds is 5. The van der Waals surface area contributed by atoms with Gasteiger partial charge in [0.05, 0.1) is 6.61 Å². The van der Waals surface area contributed by atoms with Crippen molar-refractivity contribution >= 4 is 23.4 Å². The first-order chi connectivity index (χ1) is 10.7. The molecule has 0 saturated carbocycles. The van der Waals surface area contributed by atoms with Crippen molar-refractivity contribution in [1.29, 1.82) is 0 Å². The number of thiazole rings is 1. The number of benzene rings is 1. The molecule has 7 heteroatoms. The first-order valence-electron chi connectivity index (χ1n) is 6.61. The summed E-state index contributed by atoms with van der Waals surface area (Å²) in [6.07, 6.45) is 3.12. The van der Waals surface area contributed by atoms with E-state index in [1.807, 2.05) is 31.2 Å². The number of carbonyl (C=O) groups is 1. The van der Waals surface area contributed by atoms with Gasteiger partial charge in [0.25, 0.3) is 0 Å². The van der Waals surface area contributed by atoms with Gasteiger partial charge in [-0.3, -0.25) is 0 Å². The molecule has 0 atom stereocenters. The van der Waals surface area contributed by atoms with Gasteiger partial charge in [-0.25, -0.2) is 9.78 Å². The van der Waals surface area contributed by atoms with E-state index in [1.54, 1.807) is 13.1 Å². The minimum Gasteiger partial charge on any atom is -0.462 e. The lowest BCUT2D eigenvalue weighted by Crippen LogP contribution is -2.05. The minimum atomic E-state index is -0.647. The predicted octanol–water partition coefficient (Wildman–Crippen LogP) is 4.33. The van der Waals surface area contributed by atoms with E-state index in [2.05, 4.69) is 15.0 Å². The van der Waals surface area contributed by atoms with Crippen LogP contribution in [0.3, 0.4) is 0 Å². The second-order valence-corrected chi connectivity index (χ2v) is 5.38. The Balaban J connectivity index is 2.34. The van der Waals surface area contributed by atoms with Gasteiger partial charge in [-0.15, -0.1) is 11.3 Å². The SMILES string of the molecule is CCOC(=O)/C(=C/c1cnc(-c2ccccc2C)s1)N=[N+]=[N-]. The van der Waals surface area contributed by atoms with E-state index >= 15 is 0 Å². The Kier molecular flexibility index (Phi) is 5.30. The number of hydrogen-bond acceptors (Lipinski definition) is 5. The van der Waals surface area contributed by atoms with Gasteiger partial charge in [0.15, 0.2) is 0 Å². The number of aryl methyl sites for hydroxylation is 1. The van der Waals surface area contributed by atoms with Crippen LogP contribution in [0.5, 0.6) is 0 Å². The minimum absolute atomic E-state index is 0.0793. The van der Waals surface area contributed by atoms with Crippen molar-refractivity contribution in [2.75, 3.05) is 6.61 Å². The van der Waals surface area contributed by atoms with E-state index in [1.165, 1.54) is 17.4 Å². The monoisotopic (exact) mass is 314 g/mol. The molecule has 0 spiro atoms. The summed E-state index contributed by atoms with van der Waals surface area (Å²) in [5.74, 6) is -0.647. The zero-order chi connectivity index (χ0) is 15.9. The lowest BCUT2D eigenvalue weighted by molar-refractivity contribution is -0.138. The van der Waals surface area contributed by atoms with Gasteiger partial charge >= 0.3 is 5.97 Å². The smallest absolute Gasteiger partial charge is 0.340 e. The third-order valence-electron chi connectivity index (χ3n) is 2.82. The molecular formula is C15H14N4O2S. The summed E-state index contributed by atoms with van der Waals surface area (Å²) in [7, 11) is 0. The molecule has 0 amide bonds. The Bertz CT molecular complexity index is 760. The van der Waals surface area contributed by atoms with Gasteiger partial charge < -0.3 is 4.74 Å². The Morgan fingerprint density at radius 2 is 2.27 bits per heavy atom. The van der Waals surface area contributed by atoms with Crippen LogP contribution in [0, 0.1) is 6.92 Å². The molecule has 1 aromatic carbocycles. The number of carbonyl (C=O) groups excluding carboxylic acids is 1. The number of esters is 1. The molecule has 0 unspecified atom stereocenters. The van der Waals surface area contributed by atoms with Gasteiger partial charge in [-0.2, -0.15) is 0 Å². The Morgan fingerprint density at radius 3 is 2.95 bits per heavy atom. The lowest BCUT2D eigenvalue weighted by atomic mass is 10.1. The van der Waals surface area contributed by atoms with Crippen LogP contribution in [-0.2, 0) is 9.53 Å². The van der Waals surface area contributed by atoms with Crippen LogP contribution in [0.25, 0.3) is 27.1 Å². The molecule has 1 aromatic heterocycles. The molecule has 2 rings (SSSR count). The molecular weight excluding hydrogens is 300 g/mol. The summed E-state index contributed by atoms with van der Waals surface area (Å²) in [5.41, 5.74) is 10.6. The quantitative estimate of drug-likeness (QED) is 0.270. The van der Waals surface area contributed by atoms with Gasteiger partial charge in [0.1, 0.15) is 10.7 Å². The highest BCUT2D eigenvalue weighted by atomic mass is 32.1. The second kappa shape index (κ2) is 7.40. The number of azide groups is 1. The van der Waals surface area contributed by atoms with Gasteiger partial charge in [-0.1, -0.05) is 29.4 Å². The average Bonchev–Trinajstić information content (AvgIpc) is 2.96. The fraction of sp³-hybridized carbons (Fsp3) is 0.200. The van der Waals surface area contributed by atoms with E-state index in [0.717, 1.165) is 16.1 Å². The Hall–Kier alpha value is -2.63. The molecule has 2 aromatic rings. The van der Waals surface area contributed by atoms with Crippen LogP contribution >= 0.6 is 11.3 Å². The van der Waals surface area contributed by atoms with Gasteiger partial charge in [0, 0.05) is 21.5 Å². The van der Waals surface area contributed by atoms with Crippen molar-refractivity contribution in [3.63, 3.8) is 0 Å². The van der Waals surface area contributed by atoms with Crippen molar-refractivity contribution < 1.29 is 9.53 Å². The standard InChI is InChI=1S/C15H14N4O2S/c1-3-21-15(20)13(18-19-16)8-11-9-17-14(22-11)12-7-5-4-6-10(12)2/h4-9H,3H2,1-2H3/b13-8-. The van der Waals surface area contributed by atoms with E-state index in [9.17, 15) is 4.79 Å². The summed E-state index contributed by atoms with van der Waals surface area (Å²) < 4.78 is 4.85. The third-order valence-corrected chi connectivity index (χ3v) is 3.79. The summed E-state index contributed by atoms with van der Waals surface area (Å²) in [5, 5.41) is 4.22. The van der Waals surface area contributed by atoms with E-state index in [4.69, 9.17) is 10.3 Å². The van der Waals surface area contributed by atoms with Crippen LogP contribution in [-0.4, -0.2) is 17.6 Å². The molecule has 0 aliphatic carbocycles. The van der Waals surface area contributed by atoms with E-state index < -0.39 is 5.97 Å². The van der Waals surface area contributed by atoms with Crippen molar-refractivity contribution in [2.45, 2.75) is 13.8 Å². The van der Waals surface area contributed by atoms with Crippen LogP contribution in [0.4, 0.5) is 0 Å². The maximum Gasteiger partial charge on any atom is 0.340 e. The molecule has 1 heterocycles. The highest BCUT2D eigenvalue weighted by molar-refractivity contribution is 7.15. The third kappa shape index (κ3) is 3.72. The van der Waals surface area contributed by atoms with Crippen molar-refractivity contribution in [2.24, 2.45) is 5.11 Å². The van der Waals surface area contributed by atoms with E-state index in [0.29, 0.717) is 4.88 Å². The molecule has 22 heavy (non-hydrogen) atoms. The highest BCUT2D eigenvalue weighted by Gasteiger charge is 2.11. The summed E-state index contributed by atoms with van der Waals surface area (Å²) in [6, 6.07) is 7.91. The number of aromatic nitrogens is 1. The fourth-order valence-corrected chi connectivity index (χ4v) is 2.75. The van der Waals surface area contributed by atoms with Crippen LogP contribution in [0.2, 0.25) is 0 Å². The van der Waals surface area contributed by atoms with Gasteiger partial charge in [-0.05, 0) is 31.0 Å². The largest absolute Gasteiger partial charge is 0.462 e. The molecule has 112 valence electrons. The molecule has 0 saturated heterocycles. The first-order valence-corrected chi connectivity index (χ1v) is 7.43. The van der Waals surface area contributed by atoms with Crippen molar-refractivity contribution in [1.82, 2.24) is 4.98 Å². The van der Waals surface area contributed by atoms with Crippen LogP contribution in [0.15, 0.2) is 41.3 Å². The fourth-order valence-electron chi connectivity index (χ4n) is 1.81. The Labute approximate surface area is 131 Å². The topological polar surface area (TPSA) is 88.0 Å². The Morgan fingerprint density at radius 1 is 1.50 bits per heavy atom. The summed E-state index contributed by atoms with van der Waals surface area (Å²) in [6.45, 7) is 3.92. The maximum atomic E-state index is 11.7. The van der Waals surface area contributed by atoms with Crippen molar-refractivity contribution in [3.8, 4) is 10.6 Å². The summed E-state index contributed by atoms with van der Waals surface area (Å²) >= 11 is 1.41. The predicted molar refractivity (Wildman–Crippen MR) is 86.0 cm³/mol. The average molecular weight is 314 g/mol.